The average Bonchev–Trinajstić information content (AvgIpc) is 2.53. The van der Waals surface area contributed by atoms with Crippen LogP contribution in [-0.4, -0.2) is 18.2 Å². The minimum Gasteiger partial charge on any atom is -0.375 e. The van der Waals surface area contributed by atoms with Gasteiger partial charge in [-0.15, -0.1) is 0 Å². The lowest BCUT2D eigenvalue weighted by molar-refractivity contribution is 0.0397. The zero-order valence-corrected chi connectivity index (χ0v) is 7.55. The van der Waals surface area contributed by atoms with Crippen LogP contribution in [0.15, 0.2) is 0 Å². The predicted octanol–water partition coefficient (Wildman–Crippen LogP) is 1.19. The molecule has 1 aliphatic rings. The van der Waals surface area contributed by atoms with Gasteiger partial charge in [-0.3, -0.25) is 0 Å². The van der Waals surface area contributed by atoms with E-state index in [-0.39, 0.29) is 0 Å². The van der Waals surface area contributed by atoms with E-state index < -0.39 is 5.54 Å². The van der Waals surface area contributed by atoms with Gasteiger partial charge in [-0.05, 0) is 19.8 Å². The van der Waals surface area contributed by atoms with Crippen LogP contribution >= 0.6 is 0 Å². The molecule has 1 unspecified atom stereocenters. The van der Waals surface area contributed by atoms with E-state index >= 15 is 0 Å². The zero-order valence-electron chi connectivity index (χ0n) is 7.55. The van der Waals surface area contributed by atoms with Crippen LogP contribution in [0.25, 0.3) is 0 Å². The van der Waals surface area contributed by atoms with Crippen LogP contribution in [0.4, 0.5) is 0 Å². The van der Waals surface area contributed by atoms with E-state index in [1.54, 1.807) is 6.92 Å². The van der Waals surface area contributed by atoms with Gasteiger partial charge in [0, 0.05) is 0 Å². The molecule has 0 radical (unpaired) electrons. The molecule has 0 bridgehead atoms. The van der Waals surface area contributed by atoms with Gasteiger partial charge in [0.05, 0.1) is 18.8 Å². The fraction of sp³-hybridized carbons (Fsp3) is 0.889. The Hall–Kier alpha value is -0.590. The molecule has 0 aromatic carbocycles. The van der Waals surface area contributed by atoms with Gasteiger partial charge in [0.1, 0.15) is 5.54 Å². The van der Waals surface area contributed by atoms with Crippen LogP contribution in [0.3, 0.4) is 0 Å². The minimum absolute atomic E-state index is 0.348. The van der Waals surface area contributed by atoms with Crippen LogP contribution in [0.1, 0.15) is 32.6 Å². The lowest BCUT2D eigenvalue weighted by Crippen LogP contribution is -2.40. The van der Waals surface area contributed by atoms with E-state index in [4.69, 9.17) is 15.7 Å². The number of hydrogen-bond donors (Lipinski definition) is 1. The Labute approximate surface area is 73.5 Å². The lowest BCUT2D eigenvalue weighted by Gasteiger charge is -2.18. The third-order valence-electron chi connectivity index (χ3n) is 2.18. The van der Waals surface area contributed by atoms with Crippen molar-refractivity contribution in [2.45, 2.75) is 44.2 Å². The molecule has 12 heavy (non-hydrogen) atoms. The van der Waals surface area contributed by atoms with Gasteiger partial charge in [-0.1, -0.05) is 12.8 Å². The highest BCUT2D eigenvalue weighted by Crippen LogP contribution is 2.21. The van der Waals surface area contributed by atoms with Crippen molar-refractivity contribution in [1.82, 2.24) is 0 Å². The summed E-state index contributed by atoms with van der Waals surface area (Å²) in [5.41, 5.74) is 4.79. The second-order valence-electron chi connectivity index (χ2n) is 3.75. The molecule has 0 aliphatic heterocycles. The first-order valence-electron chi connectivity index (χ1n) is 4.46. The van der Waals surface area contributed by atoms with Gasteiger partial charge < -0.3 is 10.5 Å². The number of nitriles is 1. The first-order chi connectivity index (χ1) is 5.64. The first-order valence-corrected chi connectivity index (χ1v) is 4.46. The number of nitrogens with zero attached hydrogens (tertiary/aromatic N) is 1. The fourth-order valence-corrected chi connectivity index (χ4v) is 1.38. The quantitative estimate of drug-likeness (QED) is 0.688. The summed E-state index contributed by atoms with van der Waals surface area (Å²) in [6.07, 6.45) is 5.10. The van der Waals surface area contributed by atoms with Crippen LogP contribution < -0.4 is 5.73 Å². The molecule has 1 fully saturated rings. The predicted molar refractivity (Wildman–Crippen MR) is 46.4 cm³/mol. The van der Waals surface area contributed by atoms with Crippen LogP contribution in [0, 0.1) is 11.3 Å². The van der Waals surface area contributed by atoms with Crippen LogP contribution in [-0.2, 0) is 4.74 Å². The minimum atomic E-state index is -0.817. The van der Waals surface area contributed by atoms with Gasteiger partial charge in [-0.2, -0.15) is 5.26 Å². The summed E-state index contributed by atoms with van der Waals surface area (Å²) in [5.74, 6) is 0. The first kappa shape index (κ1) is 9.50. The summed E-state index contributed by atoms with van der Waals surface area (Å²) in [6, 6.07) is 2.02. The molecule has 0 spiro atoms. The van der Waals surface area contributed by atoms with E-state index in [2.05, 4.69) is 0 Å². The maximum absolute atomic E-state index is 8.61. The Balaban J connectivity index is 2.21. The number of hydrogen-bond acceptors (Lipinski definition) is 3. The summed E-state index contributed by atoms with van der Waals surface area (Å²) in [6.45, 7) is 2.05. The number of rotatable bonds is 3. The van der Waals surface area contributed by atoms with E-state index in [9.17, 15) is 0 Å². The summed E-state index contributed by atoms with van der Waals surface area (Å²) >= 11 is 0. The third kappa shape index (κ3) is 2.80. The standard InChI is InChI=1S/C9H16N2O/c1-9(11,6-10)7-12-8-4-2-3-5-8/h8H,2-5,7,11H2,1H3. The summed E-state index contributed by atoms with van der Waals surface area (Å²) < 4.78 is 5.51. The second kappa shape index (κ2) is 3.88. The van der Waals surface area contributed by atoms with Crippen molar-refractivity contribution < 1.29 is 4.74 Å². The molecule has 1 saturated carbocycles. The topological polar surface area (TPSA) is 59.0 Å². The molecule has 1 atom stereocenters. The molecule has 1 aliphatic carbocycles. The third-order valence-corrected chi connectivity index (χ3v) is 2.18. The highest BCUT2D eigenvalue weighted by Gasteiger charge is 2.22. The SMILES string of the molecule is CC(N)(C#N)COC1CCCC1. The van der Waals surface area contributed by atoms with Crippen molar-refractivity contribution in [2.24, 2.45) is 5.73 Å². The van der Waals surface area contributed by atoms with Crippen molar-refractivity contribution in [1.29, 1.82) is 5.26 Å². The van der Waals surface area contributed by atoms with Crippen molar-refractivity contribution in [3.05, 3.63) is 0 Å². The molecule has 0 aromatic heterocycles. The summed E-state index contributed by atoms with van der Waals surface area (Å²) in [5, 5.41) is 8.61. The Bertz CT molecular complexity index is 177. The molecule has 0 aromatic rings. The maximum atomic E-state index is 8.61. The average molecular weight is 168 g/mol. The molecule has 0 amide bonds. The fourth-order valence-electron chi connectivity index (χ4n) is 1.38. The molecule has 3 nitrogen and oxygen atoms in total. The number of nitrogens with two attached hydrogens (primary N) is 1. The normalized spacial score (nSPS) is 23.4. The molecule has 1 rings (SSSR count). The van der Waals surface area contributed by atoms with Crippen molar-refractivity contribution >= 4 is 0 Å². The Morgan fingerprint density at radius 1 is 1.58 bits per heavy atom. The van der Waals surface area contributed by atoms with Crippen molar-refractivity contribution in [2.75, 3.05) is 6.61 Å². The van der Waals surface area contributed by atoms with E-state index in [0.717, 1.165) is 12.8 Å². The zero-order chi connectivity index (χ0) is 9.03. The van der Waals surface area contributed by atoms with Crippen molar-refractivity contribution in [3.8, 4) is 6.07 Å². The Morgan fingerprint density at radius 3 is 2.67 bits per heavy atom. The van der Waals surface area contributed by atoms with Crippen LogP contribution in [0.5, 0.6) is 0 Å². The lowest BCUT2D eigenvalue weighted by atomic mass is 10.1. The van der Waals surface area contributed by atoms with E-state index in [1.165, 1.54) is 12.8 Å². The largest absolute Gasteiger partial charge is 0.375 e. The van der Waals surface area contributed by atoms with Gasteiger partial charge in [0.15, 0.2) is 0 Å². The molecule has 2 N–H and O–H groups in total. The maximum Gasteiger partial charge on any atom is 0.125 e. The monoisotopic (exact) mass is 168 g/mol. The second-order valence-corrected chi connectivity index (χ2v) is 3.75. The van der Waals surface area contributed by atoms with E-state index in [1.807, 2.05) is 6.07 Å². The van der Waals surface area contributed by atoms with E-state index in [0.29, 0.717) is 12.7 Å². The molecule has 0 saturated heterocycles. The molecular formula is C9H16N2O. The Morgan fingerprint density at radius 2 is 2.17 bits per heavy atom. The highest BCUT2D eigenvalue weighted by molar-refractivity contribution is 5.01. The highest BCUT2D eigenvalue weighted by atomic mass is 16.5. The summed E-state index contributed by atoms with van der Waals surface area (Å²) in [7, 11) is 0. The molecule has 3 heteroatoms. The molecule has 68 valence electrons. The van der Waals surface area contributed by atoms with Gasteiger partial charge in [-0.25, -0.2) is 0 Å². The van der Waals surface area contributed by atoms with Crippen molar-refractivity contribution in [3.63, 3.8) is 0 Å². The summed E-state index contributed by atoms with van der Waals surface area (Å²) in [4.78, 5) is 0. The van der Waals surface area contributed by atoms with Gasteiger partial charge in [0.2, 0.25) is 0 Å². The Kier molecular flexibility index (Phi) is 3.07. The van der Waals surface area contributed by atoms with Gasteiger partial charge >= 0.3 is 0 Å². The molecular weight excluding hydrogens is 152 g/mol. The number of ether oxygens (including phenoxy) is 1. The smallest absolute Gasteiger partial charge is 0.125 e. The van der Waals surface area contributed by atoms with Crippen LogP contribution in [0.2, 0.25) is 0 Å². The molecule has 0 heterocycles. The van der Waals surface area contributed by atoms with Gasteiger partial charge in [0.25, 0.3) is 0 Å².